The molecular formula is C38H52O13. The summed E-state index contributed by atoms with van der Waals surface area (Å²) in [5.41, 5.74) is 2.00. The smallest absolute Gasteiger partial charge is 0.220 e. The average molecular weight is 717 g/mol. The lowest BCUT2D eigenvalue weighted by Crippen LogP contribution is -2.73. The van der Waals surface area contributed by atoms with Crippen molar-refractivity contribution in [2.75, 3.05) is 27.4 Å². The molecule has 2 unspecified atom stereocenters. The van der Waals surface area contributed by atoms with Crippen LogP contribution in [0.2, 0.25) is 0 Å². The molecule has 2 aromatic carbocycles. The minimum absolute atomic E-state index is 0.0661. The topological polar surface area (TPSA) is 120 Å². The van der Waals surface area contributed by atoms with Crippen LogP contribution in [0.15, 0.2) is 60.7 Å². The van der Waals surface area contributed by atoms with E-state index in [1.807, 2.05) is 88.4 Å². The minimum Gasteiger partial charge on any atom is -0.374 e. The predicted octanol–water partition coefficient (Wildman–Crippen LogP) is 4.44. The van der Waals surface area contributed by atoms with Crippen LogP contribution in [0.25, 0.3) is 0 Å². The Bertz CT molecular complexity index is 1440. The molecule has 7 rings (SSSR count). The van der Waals surface area contributed by atoms with E-state index in [1.54, 1.807) is 28.1 Å². The van der Waals surface area contributed by atoms with Gasteiger partial charge >= 0.3 is 0 Å². The van der Waals surface area contributed by atoms with Crippen molar-refractivity contribution in [2.24, 2.45) is 0 Å². The van der Waals surface area contributed by atoms with Gasteiger partial charge in [0.05, 0.1) is 26.4 Å². The molecule has 0 N–H and O–H groups in total. The molecule has 5 aliphatic rings. The Morgan fingerprint density at radius 3 is 1.71 bits per heavy atom. The molecule has 51 heavy (non-hydrogen) atoms. The van der Waals surface area contributed by atoms with Crippen LogP contribution in [-0.4, -0.2) is 112 Å². The van der Waals surface area contributed by atoms with E-state index in [0.29, 0.717) is 6.61 Å². The average Bonchev–Trinajstić information content (AvgIpc) is 3.61. The fraction of sp³-hybridized carbons (Fsp3) is 0.684. The van der Waals surface area contributed by atoms with Crippen molar-refractivity contribution < 1.29 is 61.6 Å². The van der Waals surface area contributed by atoms with Crippen LogP contribution in [0.3, 0.4) is 0 Å². The Labute approximate surface area is 299 Å². The van der Waals surface area contributed by atoms with E-state index < -0.39 is 84.6 Å². The summed E-state index contributed by atoms with van der Waals surface area (Å²) in [6.07, 6.45) is -6.37. The fourth-order valence-corrected chi connectivity index (χ4v) is 7.45. The highest BCUT2D eigenvalue weighted by Gasteiger charge is 2.64. The number of benzene rings is 2. The van der Waals surface area contributed by atoms with Crippen LogP contribution >= 0.6 is 0 Å². The van der Waals surface area contributed by atoms with Crippen LogP contribution < -0.4 is 0 Å². The zero-order valence-electron chi connectivity index (χ0n) is 30.7. The lowest BCUT2D eigenvalue weighted by atomic mass is 9.93. The summed E-state index contributed by atoms with van der Waals surface area (Å²) in [6.45, 7) is 11.9. The minimum atomic E-state index is -1.31. The van der Waals surface area contributed by atoms with Crippen molar-refractivity contribution in [2.45, 2.75) is 139 Å². The number of fused-ring (bicyclic) bond motifs is 4. The summed E-state index contributed by atoms with van der Waals surface area (Å²) < 4.78 is 83.0. The number of rotatable bonds is 12. The van der Waals surface area contributed by atoms with Crippen molar-refractivity contribution in [3.8, 4) is 0 Å². The molecular weight excluding hydrogens is 664 g/mol. The van der Waals surface area contributed by atoms with Crippen LogP contribution in [-0.2, 0) is 74.8 Å². The quantitative estimate of drug-likeness (QED) is 0.308. The molecule has 0 spiro atoms. The van der Waals surface area contributed by atoms with Gasteiger partial charge in [-0.1, -0.05) is 60.7 Å². The predicted molar refractivity (Wildman–Crippen MR) is 179 cm³/mol. The molecule has 0 bridgehead atoms. The van der Waals surface area contributed by atoms with E-state index in [1.165, 1.54) is 0 Å². The number of hydrogen-bond acceptors (Lipinski definition) is 13. The summed E-state index contributed by atoms with van der Waals surface area (Å²) in [7, 11) is 3.11. The zero-order chi connectivity index (χ0) is 36.0. The lowest BCUT2D eigenvalue weighted by Gasteiger charge is -2.57. The molecule has 0 radical (unpaired) electrons. The normalized spacial score (nSPS) is 41.1. The molecule has 0 aliphatic carbocycles. The van der Waals surface area contributed by atoms with E-state index in [0.717, 1.165) is 11.1 Å². The molecule has 2 aromatic rings. The Morgan fingerprint density at radius 2 is 1.06 bits per heavy atom. The van der Waals surface area contributed by atoms with Gasteiger partial charge in [0.15, 0.2) is 24.2 Å². The molecule has 13 nitrogen and oxygen atoms in total. The van der Waals surface area contributed by atoms with Gasteiger partial charge in [-0.3, -0.25) is 0 Å². The third-order valence-electron chi connectivity index (χ3n) is 10.3. The second-order valence-corrected chi connectivity index (χ2v) is 14.8. The summed E-state index contributed by atoms with van der Waals surface area (Å²) in [5.74, 6) is -4.30. The molecule has 0 aromatic heterocycles. The third-order valence-corrected chi connectivity index (χ3v) is 10.3. The van der Waals surface area contributed by atoms with E-state index in [4.69, 9.17) is 61.6 Å². The van der Waals surface area contributed by atoms with Gasteiger partial charge in [-0.15, -0.1) is 0 Å². The number of ether oxygens (including phenoxy) is 13. The first-order valence-corrected chi connectivity index (χ1v) is 17.7. The third kappa shape index (κ3) is 7.65. The molecule has 5 fully saturated rings. The Balaban J connectivity index is 1.16. The van der Waals surface area contributed by atoms with Crippen LogP contribution in [0.1, 0.15) is 52.7 Å². The Morgan fingerprint density at radius 1 is 0.529 bits per heavy atom. The van der Waals surface area contributed by atoms with E-state index in [2.05, 4.69) is 0 Å². The highest BCUT2D eigenvalue weighted by molar-refractivity contribution is 5.14. The molecule has 5 saturated heterocycles. The van der Waals surface area contributed by atoms with Crippen molar-refractivity contribution in [3.63, 3.8) is 0 Å². The number of hydrogen-bond donors (Lipinski definition) is 0. The van der Waals surface area contributed by atoms with Gasteiger partial charge in [0.25, 0.3) is 0 Å². The Kier molecular flexibility index (Phi) is 10.7. The second kappa shape index (κ2) is 14.6. The molecule has 0 amide bonds. The standard InChI is InChI=1S/C38H52O13/c1-35(2)46-27-26(45-34-32(30(27)47-35)48-36(3,4)51-34)22-43-33-31(42-20-24-17-13-10-14-18-24)29-28(49-37(5,39-7)38(6,40-8)50-29)25(44-33)21-41-19-23-15-11-9-12-16-23/h9-18,25-34H,19-22H2,1-8H3/t25-,26-,27+,28-,29+,30+,31+,32-,33+,34-,37?,38?/m1/s1. The molecule has 282 valence electrons. The SMILES string of the molecule is COC1(C)O[C@@H]2[C@H](OCc3ccccc3)[C@@H](OC[C@H]3O[C@@H]4OC(C)(C)O[C@@H]4[C@H]4OC(C)(C)O[C@H]43)O[C@H](COCc3ccccc3)[C@H]2OC1(C)OC. The van der Waals surface area contributed by atoms with Crippen molar-refractivity contribution in [1.29, 1.82) is 0 Å². The highest BCUT2D eigenvalue weighted by Crippen LogP contribution is 2.46. The van der Waals surface area contributed by atoms with Crippen LogP contribution in [0, 0.1) is 0 Å². The van der Waals surface area contributed by atoms with E-state index >= 15 is 0 Å². The van der Waals surface area contributed by atoms with Gasteiger partial charge in [0, 0.05) is 14.2 Å². The van der Waals surface area contributed by atoms with Gasteiger partial charge in [-0.25, -0.2) is 0 Å². The molecule has 12 atom stereocenters. The molecule has 5 aliphatic heterocycles. The maximum atomic E-state index is 6.80. The highest BCUT2D eigenvalue weighted by atomic mass is 16.9. The molecule has 0 saturated carbocycles. The first-order chi connectivity index (χ1) is 24.3. The van der Waals surface area contributed by atoms with Gasteiger partial charge in [-0.2, -0.15) is 0 Å². The fourth-order valence-electron chi connectivity index (χ4n) is 7.45. The van der Waals surface area contributed by atoms with E-state index in [9.17, 15) is 0 Å². The lowest BCUT2D eigenvalue weighted by molar-refractivity contribution is -0.482. The first-order valence-electron chi connectivity index (χ1n) is 17.7. The van der Waals surface area contributed by atoms with Gasteiger partial charge < -0.3 is 61.6 Å². The summed E-state index contributed by atoms with van der Waals surface area (Å²) >= 11 is 0. The van der Waals surface area contributed by atoms with Gasteiger partial charge in [-0.05, 0) is 52.7 Å². The van der Waals surface area contributed by atoms with Crippen molar-refractivity contribution >= 4 is 0 Å². The first kappa shape index (κ1) is 37.2. The second-order valence-electron chi connectivity index (χ2n) is 14.8. The molecule has 13 heteroatoms. The summed E-state index contributed by atoms with van der Waals surface area (Å²) in [5, 5.41) is 0. The van der Waals surface area contributed by atoms with Crippen LogP contribution in [0.5, 0.6) is 0 Å². The van der Waals surface area contributed by atoms with Crippen LogP contribution in [0.4, 0.5) is 0 Å². The largest absolute Gasteiger partial charge is 0.374 e. The van der Waals surface area contributed by atoms with Crippen molar-refractivity contribution in [1.82, 2.24) is 0 Å². The van der Waals surface area contributed by atoms with Gasteiger partial charge in [0.2, 0.25) is 11.6 Å². The summed E-state index contributed by atoms with van der Waals surface area (Å²) in [4.78, 5) is 0. The Hall–Kier alpha value is -2.08. The summed E-state index contributed by atoms with van der Waals surface area (Å²) in [6, 6.07) is 19.8. The zero-order valence-corrected chi connectivity index (χ0v) is 30.7. The molecule has 5 heterocycles. The number of methoxy groups -OCH3 is 2. The maximum absolute atomic E-state index is 6.80. The van der Waals surface area contributed by atoms with E-state index in [-0.39, 0.29) is 19.8 Å². The van der Waals surface area contributed by atoms with Gasteiger partial charge in [0.1, 0.15) is 48.8 Å². The monoisotopic (exact) mass is 716 g/mol. The maximum Gasteiger partial charge on any atom is 0.220 e. The van der Waals surface area contributed by atoms with Crippen molar-refractivity contribution in [3.05, 3.63) is 71.8 Å².